The lowest BCUT2D eigenvalue weighted by atomic mass is 10.0. The molecule has 1 unspecified atom stereocenters. The summed E-state index contributed by atoms with van der Waals surface area (Å²) >= 11 is 0. The first-order valence-corrected chi connectivity index (χ1v) is 33.0. The fourth-order valence-electron chi connectivity index (χ4n) is 9.27. The van der Waals surface area contributed by atoms with Crippen molar-refractivity contribution in [1.82, 2.24) is 0 Å². The van der Waals surface area contributed by atoms with Crippen LogP contribution < -0.4 is 0 Å². The molecule has 0 radical (unpaired) electrons. The third-order valence-corrected chi connectivity index (χ3v) is 14.3. The van der Waals surface area contributed by atoms with Gasteiger partial charge in [0.05, 0.1) is 6.10 Å². The molecule has 0 amide bonds. The summed E-state index contributed by atoms with van der Waals surface area (Å²) in [5.41, 5.74) is 0. The van der Waals surface area contributed by atoms with Crippen molar-refractivity contribution >= 4 is 5.78 Å². The Kier molecular flexibility index (Phi) is 70.2. The van der Waals surface area contributed by atoms with Gasteiger partial charge in [0, 0.05) is 12.8 Å². The van der Waals surface area contributed by atoms with Crippen LogP contribution in [0.2, 0.25) is 0 Å². The van der Waals surface area contributed by atoms with Crippen LogP contribution in [0.5, 0.6) is 0 Å². The van der Waals surface area contributed by atoms with Crippen LogP contribution in [0.1, 0.15) is 349 Å². The van der Waals surface area contributed by atoms with Crippen LogP contribution >= 0.6 is 0 Å². The summed E-state index contributed by atoms with van der Waals surface area (Å²) in [6.07, 6.45) is 99.1. The maximum absolute atomic E-state index is 12.1. The zero-order valence-electron chi connectivity index (χ0n) is 50.5. The number of rotatable bonds is 58. The summed E-state index contributed by atoms with van der Waals surface area (Å²) in [5.74, 6) is 0.496. The van der Waals surface area contributed by atoms with Crippen molar-refractivity contribution in [3.8, 4) is 0 Å². The van der Waals surface area contributed by atoms with E-state index in [0.29, 0.717) is 5.78 Å². The molecule has 0 rings (SSSR count). The lowest BCUT2D eigenvalue weighted by Crippen LogP contribution is -2.05. The predicted molar refractivity (Wildman–Crippen MR) is 338 cm³/mol. The van der Waals surface area contributed by atoms with E-state index in [-0.39, 0.29) is 6.10 Å². The van der Waals surface area contributed by atoms with Gasteiger partial charge < -0.3 is 5.11 Å². The molecule has 0 aliphatic heterocycles. The van der Waals surface area contributed by atoms with Crippen molar-refractivity contribution in [1.29, 1.82) is 0 Å². The van der Waals surface area contributed by atoms with Crippen LogP contribution in [-0.4, -0.2) is 17.0 Å². The van der Waals surface area contributed by atoms with Crippen LogP contribution in [0.15, 0.2) is 97.2 Å². The molecule has 0 aliphatic rings. The maximum Gasteiger partial charge on any atom is 0.132 e. The summed E-state index contributed by atoms with van der Waals surface area (Å²) in [5, 5.41) is 10.2. The van der Waals surface area contributed by atoms with Crippen LogP contribution in [0.4, 0.5) is 0 Å². The van der Waals surface area contributed by atoms with E-state index in [0.717, 1.165) is 64.2 Å². The van der Waals surface area contributed by atoms with E-state index in [1.807, 2.05) is 0 Å². The molecule has 0 saturated carbocycles. The van der Waals surface area contributed by atoms with Gasteiger partial charge in [-0.15, -0.1) is 0 Å². The minimum Gasteiger partial charge on any atom is -0.393 e. The molecule has 74 heavy (non-hydrogen) atoms. The van der Waals surface area contributed by atoms with Gasteiger partial charge in [0.1, 0.15) is 5.78 Å². The molecule has 0 heterocycles. The van der Waals surface area contributed by atoms with E-state index in [4.69, 9.17) is 0 Å². The highest BCUT2D eigenvalue weighted by Gasteiger charge is 2.04. The van der Waals surface area contributed by atoms with Gasteiger partial charge in [0.25, 0.3) is 0 Å². The van der Waals surface area contributed by atoms with Gasteiger partial charge in [-0.25, -0.2) is 0 Å². The fourth-order valence-corrected chi connectivity index (χ4v) is 9.27. The number of aliphatic hydroxyl groups excluding tert-OH is 1. The van der Waals surface area contributed by atoms with Crippen molar-refractivity contribution < 1.29 is 9.90 Å². The normalized spacial score (nSPS) is 12.8. The minimum atomic E-state index is -0.0659. The molecule has 0 bridgehead atoms. The number of hydrogen-bond donors (Lipinski definition) is 1. The monoisotopic (exact) mass is 1030 g/mol. The van der Waals surface area contributed by atoms with Gasteiger partial charge >= 0.3 is 0 Å². The summed E-state index contributed by atoms with van der Waals surface area (Å²) in [4.78, 5) is 12.1. The molecular weight excluding hydrogens is 897 g/mol. The van der Waals surface area contributed by atoms with Gasteiger partial charge in [-0.2, -0.15) is 0 Å². The Morgan fingerprint density at radius 3 is 0.676 bits per heavy atom. The van der Waals surface area contributed by atoms with Gasteiger partial charge in [-0.1, -0.05) is 279 Å². The average Bonchev–Trinajstić information content (AvgIpc) is 3.40. The number of allylic oxidation sites excluding steroid dienone is 16. The standard InChI is InChI=1S/C36H66O.C36H64O/c2*1-3-5-7-9-11-13-15-17-19-21-23-25-27-29-31-33-35-36(37)34-32-30-28-26-24-22-20-18-16-14-12-10-8-6-4-2/h11-14,17-20,36-37H,3-10,15-16,21-35H2,1-2H3;11-14,17-20H,3-10,15-16,21-35H2,1-2H3/b2*13-11-,14-12-,19-17-,20-18-. The summed E-state index contributed by atoms with van der Waals surface area (Å²) in [6.45, 7) is 9.04. The Balaban J connectivity index is 0. The Morgan fingerprint density at radius 1 is 0.257 bits per heavy atom. The lowest BCUT2D eigenvalue weighted by Gasteiger charge is -2.10. The van der Waals surface area contributed by atoms with Crippen LogP contribution in [0.25, 0.3) is 0 Å². The van der Waals surface area contributed by atoms with Crippen LogP contribution in [0.3, 0.4) is 0 Å². The van der Waals surface area contributed by atoms with E-state index in [1.165, 1.54) is 257 Å². The second kappa shape index (κ2) is 70.5. The van der Waals surface area contributed by atoms with Gasteiger partial charge in [0.15, 0.2) is 0 Å². The Bertz CT molecular complexity index is 1290. The second-order valence-corrected chi connectivity index (χ2v) is 21.9. The fraction of sp³-hybridized carbons (Fsp3) is 0.764. The quantitative estimate of drug-likeness (QED) is 0.0487. The highest BCUT2D eigenvalue weighted by Crippen LogP contribution is 2.16. The number of ketones is 1. The average molecular weight is 1030 g/mol. The maximum atomic E-state index is 12.1. The predicted octanol–water partition coefficient (Wildman–Crippen LogP) is 24.9. The Labute approximate surface area is 465 Å². The molecule has 0 saturated heterocycles. The van der Waals surface area contributed by atoms with Crippen LogP contribution in [-0.2, 0) is 4.79 Å². The first-order chi connectivity index (χ1) is 36.6. The number of carbonyl (C=O) groups excluding carboxylic acids is 1. The second-order valence-electron chi connectivity index (χ2n) is 21.9. The van der Waals surface area contributed by atoms with Crippen LogP contribution in [0, 0.1) is 0 Å². The molecule has 0 aromatic rings. The molecule has 430 valence electrons. The zero-order valence-corrected chi connectivity index (χ0v) is 50.5. The van der Waals surface area contributed by atoms with Gasteiger partial charge in [0.2, 0.25) is 0 Å². The zero-order chi connectivity index (χ0) is 53.8. The van der Waals surface area contributed by atoms with E-state index >= 15 is 0 Å². The van der Waals surface area contributed by atoms with Gasteiger partial charge in [-0.3, -0.25) is 4.79 Å². The lowest BCUT2D eigenvalue weighted by molar-refractivity contribution is -0.119. The minimum absolute atomic E-state index is 0.0659. The Morgan fingerprint density at radius 2 is 0.446 bits per heavy atom. The molecule has 0 aliphatic carbocycles. The topological polar surface area (TPSA) is 37.3 Å². The molecule has 0 fully saturated rings. The highest BCUT2D eigenvalue weighted by molar-refractivity contribution is 5.78. The third kappa shape index (κ3) is 71.6. The third-order valence-electron chi connectivity index (χ3n) is 14.3. The molecule has 0 aromatic heterocycles. The molecule has 2 nitrogen and oxygen atoms in total. The number of hydrogen-bond acceptors (Lipinski definition) is 2. The smallest absolute Gasteiger partial charge is 0.132 e. The van der Waals surface area contributed by atoms with E-state index in [9.17, 15) is 9.90 Å². The molecule has 1 N–H and O–H groups in total. The SMILES string of the molecule is CCCCC/C=C\C/C=C\CCCCCCCCC(=O)CCCCCCC/C=C\C/C=C\CCCCC.CCCCC/C=C\C/C=C\CCCCCCCCC(O)CCCCCCC/C=C\C/C=C\CCCCC. The van der Waals surface area contributed by atoms with Crippen molar-refractivity contribution in [2.24, 2.45) is 0 Å². The van der Waals surface area contributed by atoms with Crippen molar-refractivity contribution in [3.63, 3.8) is 0 Å². The number of Topliss-reactive ketones (excluding diaryl/α,β-unsaturated/α-hetero) is 1. The van der Waals surface area contributed by atoms with E-state index < -0.39 is 0 Å². The summed E-state index contributed by atoms with van der Waals surface area (Å²) in [7, 11) is 0. The largest absolute Gasteiger partial charge is 0.393 e. The molecule has 0 spiro atoms. The number of aliphatic hydroxyl groups is 1. The molecule has 1 atom stereocenters. The van der Waals surface area contributed by atoms with Crippen molar-refractivity contribution in [2.45, 2.75) is 355 Å². The number of carbonyl (C=O) groups is 1. The molecule has 0 aromatic carbocycles. The van der Waals surface area contributed by atoms with Gasteiger partial charge in [-0.05, 0) is 154 Å². The Hall–Kier alpha value is -2.45. The van der Waals surface area contributed by atoms with Crippen molar-refractivity contribution in [2.75, 3.05) is 0 Å². The molecular formula is C72H130O2. The highest BCUT2D eigenvalue weighted by atomic mass is 16.3. The summed E-state index contributed by atoms with van der Waals surface area (Å²) in [6, 6.07) is 0. The van der Waals surface area contributed by atoms with E-state index in [1.54, 1.807) is 0 Å². The van der Waals surface area contributed by atoms with E-state index in [2.05, 4.69) is 125 Å². The van der Waals surface area contributed by atoms with Crippen molar-refractivity contribution in [3.05, 3.63) is 97.2 Å². The summed E-state index contributed by atoms with van der Waals surface area (Å²) < 4.78 is 0. The first-order valence-electron chi connectivity index (χ1n) is 33.0. The number of unbranched alkanes of at least 4 members (excludes halogenated alkanes) is 34. The first kappa shape index (κ1) is 73.6. The molecule has 2 heteroatoms.